The Kier molecular flexibility index (Phi) is 5.98. The van der Waals surface area contributed by atoms with Gasteiger partial charge in [-0.25, -0.2) is 0 Å². The van der Waals surface area contributed by atoms with Gasteiger partial charge in [0.25, 0.3) is 5.91 Å². The van der Waals surface area contributed by atoms with E-state index in [-0.39, 0.29) is 5.91 Å². The summed E-state index contributed by atoms with van der Waals surface area (Å²) in [7, 11) is 1.60. The molecule has 2 N–H and O–H groups in total. The molecule has 0 fully saturated rings. The fourth-order valence-corrected chi connectivity index (χ4v) is 2.37. The van der Waals surface area contributed by atoms with Gasteiger partial charge in [-0.2, -0.15) is 0 Å². The van der Waals surface area contributed by atoms with Crippen molar-refractivity contribution in [2.24, 2.45) is 0 Å². The number of anilines is 1. The van der Waals surface area contributed by atoms with Crippen molar-refractivity contribution < 1.29 is 14.4 Å². The molecular weight excluding hydrogens is 276 g/mol. The topological polar surface area (TPSA) is 42.8 Å². The molecule has 0 aliphatic heterocycles. The number of hydrogen-bond acceptors (Lipinski definition) is 2. The molecule has 2 aromatic carbocycles. The number of quaternary nitrogens is 1. The predicted molar refractivity (Wildman–Crippen MR) is 88.1 cm³/mol. The monoisotopic (exact) mass is 299 g/mol. The van der Waals surface area contributed by atoms with Gasteiger partial charge in [-0.05, 0) is 19.1 Å². The average Bonchev–Trinajstić information content (AvgIpc) is 2.55. The second-order valence-corrected chi connectivity index (χ2v) is 5.19. The maximum absolute atomic E-state index is 12.3. The van der Waals surface area contributed by atoms with Crippen molar-refractivity contribution in [2.75, 3.05) is 25.5 Å². The zero-order chi connectivity index (χ0) is 15.8. The molecule has 0 aliphatic rings. The van der Waals surface area contributed by atoms with Crippen molar-refractivity contribution in [1.29, 1.82) is 0 Å². The van der Waals surface area contributed by atoms with Crippen LogP contribution in [0.15, 0.2) is 54.6 Å². The van der Waals surface area contributed by atoms with Gasteiger partial charge in [0.05, 0.1) is 19.3 Å². The van der Waals surface area contributed by atoms with E-state index >= 15 is 0 Å². The number of nitrogens with one attached hydrogen (secondary N) is 2. The minimum Gasteiger partial charge on any atom is -0.495 e. The zero-order valence-electron chi connectivity index (χ0n) is 13.1. The molecule has 1 unspecified atom stereocenters. The summed E-state index contributed by atoms with van der Waals surface area (Å²) in [5.74, 6) is 0.675. The molecule has 116 valence electrons. The van der Waals surface area contributed by atoms with Gasteiger partial charge in [-0.15, -0.1) is 0 Å². The Morgan fingerprint density at radius 1 is 1.09 bits per heavy atom. The molecule has 0 aliphatic carbocycles. The standard InChI is InChI=1S/C18H22N2O2/c1-3-20(13-15-9-5-4-6-10-15)14-18(21)19-16-11-7-8-12-17(16)22-2/h4-12H,3,13-14H2,1-2H3,(H,19,21)/p+1. The van der Waals surface area contributed by atoms with E-state index in [2.05, 4.69) is 24.4 Å². The molecule has 1 atom stereocenters. The maximum atomic E-state index is 12.3. The summed E-state index contributed by atoms with van der Waals surface area (Å²) in [6.45, 7) is 4.27. The summed E-state index contributed by atoms with van der Waals surface area (Å²) < 4.78 is 5.25. The van der Waals surface area contributed by atoms with E-state index in [0.717, 1.165) is 13.1 Å². The van der Waals surface area contributed by atoms with E-state index in [1.807, 2.05) is 42.5 Å². The second-order valence-electron chi connectivity index (χ2n) is 5.19. The highest BCUT2D eigenvalue weighted by molar-refractivity contribution is 5.92. The van der Waals surface area contributed by atoms with E-state index in [4.69, 9.17) is 4.74 Å². The van der Waals surface area contributed by atoms with Crippen LogP contribution in [0, 0.1) is 0 Å². The highest BCUT2D eigenvalue weighted by Crippen LogP contribution is 2.22. The van der Waals surface area contributed by atoms with Gasteiger partial charge in [-0.1, -0.05) is 42.5 Å². The third-order valence-electron chi connectivity index (χ3n) is 3.59. The van der Waals surface area contributed by atoms with Gasteiger partial charge < -0.3 is 15.0 Å². The van der Waals surface area contributed by atoms with Crippen molar-refractivity contribution in [3.05, 3.63) is 60.2 Å². The number of benzene rings is 2. The van der Waals surface area contributed by atoms with Crippen molar-refractivity contribution >= 4 is 11.6 Å². The van der Waals surface area contributed by atoms with Gasteiger partial charge in [-0.3, -0.25) is 4.79 Å². The molecule has 1 amide bonds. The van der Waals surface area contributed by atoms with Crippen LogP contribution in [0.25, 0.3) is 0 Å². The average molecular weight is 299 g/mol. The van der Waals surface area contributed by atoms with Crippen LogP contribution in [0.1, 0.15) is 12.5 Å². The van der Waals surface area contributed by atoms with E-state index in [9.17, 15) is 4.79 Å². The van der Waals surface area contributed by atoms with E-state index < -0.39 is 0 Å². The van der Waals surface area contributed by atoms with Crippen molar-refractivity contribution in [1.82, 2.24) is 0 Å². The van der Waals surface area contributed by atoms with Crippen molar-refractivity contribution in [3.63, 3.8) is 0 Å². The lowest BCUT2D eigenvalue weighted by Crippen LogP contribution is -3.11. The normalized spacial score (nSPS) is 11.7. The molecule has 0 bridgehead atoms. The fourth-order valence-electron chi connectivity index (χ4n) is 2.37. The Hall–Kier alpha value is -2.33. The summed E-state index contributed by atoms with van der Waals surface area (Å²) in [5.41, 5.74) is 1.95. The van der Waals surface area contributed by atoms with Crippen LogP contribution in [0.3, 0.4) is 0 Å². The Balaban J connectivity index is 1.94. The van der Waals surface area contributed by atoms with E-state index in [1.165, 1.54) is 10.5 Å². The molecule has 4 heteroatoms. The molecule has 0 radical (unpaired) electrons. The molecule has 0 heterocycles. The number of likely N-dealkylation sites (N-methyl/N-ethyl adjacent to an activating group) is 1. The second kappa shape index (κ2) is 8.20. The third kappa shape index (κ3) is 4.60. The summed E-state index contributed by atoms with van der Waals surface area (Å²) >= 11 is 0. The SMILES string of the molecule is CC[NH+](CC(=O)Nc1ccccc1OC)Cc1ccccc1. The van der Waals surface area contributed by atoms with Crippen LogP contribution in [0.2, 0.25) is 0 Å². The van der Waals surface area contributed by atoms with Crippen LogP contribution in [-0.2, 0) is 11.3 Å². The fraction of sp³-hybridized carbons (Fsp3) is 0.278. The smallest absolute Gasteiger partial charge is 0.279 e. The Morgan fingerprint density at radius 3 is 2.45 bits per heavy atom. The number of carbonyl (C=O) groups is 1. The van der Waals surface area contributed by atoms with Crippen LogP contribution >= 0.6 is 0 Å². The molecule has 22 heavy (non-hydrogen) atoms. The van der Waals surface area contributed by atoms with Gasteiger partial charge >= 0.3 is 0 Å². The zero-order valence-corrected chi connectivity index (χ0v) is 13.1. The molecule has 0 aromatic heterocycles. The molecule has 2 aromatic rings. The predicted octanol–water partition coefficient (Wildman–Crippen LogP) is 1.74. The number of carbonyl (C=O) groups excluding carboxylic acids is 1. The minimum absolute atomic E-state index is 0.00252. The van der Waals surface area contributed by atoms with Gasteiger partial charge in [0.2, 0.25) is 0 Å². The van der Waals surface area contributed by atoms with E-state index in [0.29, 0.717) is 18.0 Å². The number of ether oxygens (including phenoxy) is 1. The molecule has 0 spiro atoms. The first-order chi connectivity index (χ1) is 10.7. The van der Waals surface area contributed by atoms with Gasteiger partial charge in [0.15, 0.2) is 6.54 Å². The van der Waals surface area contributed by atoms with Gasteiger partial charge in [0.1, 0.15) is 12.3 Å². The Morgan fingerprint density at radius 2 is 1.77 bits per heavy atom. The number of methoxy groups -OCH3 is 1. The number of rotatable bonds is 7. The number of hydrogen-bond donors (Lipinski definition) is 2. The number of para-hydroxylation sites is 2. The molecule has 0 saturated heterocycles. The third-order valence-corrected chi connectivity index (χ3v) is 3.59. The molecule has 2 rings (SSSR count). The first kappa shape index (κ1) is 16.0. The van der Waals surface area contributed by atoms with Crippen molar-refractivity contribution in [3.8, 4) is 5.75 Å². The first-order valence-corrected chi connectivity index (χ1v) is 7.53. The lowest BCUT2D eigenvalue weighted by molar-refractivity contribution is -0.903. The molecular formula is C18H23N2O2+. The van der Waals surface area contributed by atoms with Crippen LogP contribution in [-0.4, -0.2) is 26.1 Å². The summed E-state index contributed by atoms with van der Waals surface area (Å²) in [5, 5.41) is 2.93. The van der Waals surface area contributed by atoms with Crippen LogP contribution in [0.4, 0.5) is 5.69 Å². The van der Waals surface area contributed by atoms with Gasteiger partial charge in [0, 0.05) is 5.56 Å². The molecule has 0 saturated carbocycles. The lowest BCUT2D eigenvalue weighted by atomic mass is 10.2. The minimum atomic E-state index is -0.00252. The molecule has 4 nitrogen and oxygen atoms in total. The largest absolute Gasteiger partial charge is 0.495 e. The summed E-state index contributed by atoms with van der Waals surface area (Å²) in [6.07, 6.45) is 0. The Bertz CT molecular complexity index is 599. The Labute approximate surface area is 131 Å². The van der Waals surface area contributed by atoms with Crippen LogP contribution < -0.4 is 15.0 Å². The van der Waals surface area contributed by atoms with Crippen molar-refractivity contribution in [2.45, 2.75) is 13.5 Å². The highest BCUT2D eigenvalue weighted by Gasteiger charge is 2.14. The highest BCUT2D eigenvalue weighted by atomic mass is 16.5. The van der Waals surface area contributed by atoms with Crippen LogP contribution in [0.5, 0.6) is 5.75 Å². The maximum Gasteiger partial charge on any atom is 0.279 e. The quantitative estimate of drug-likeness (QED) is 0.818. The number of amides is 1. The first-order valence-electron chi connectivity index (χ1n) is 7.53. The van der Waals surface area contributed by atoms with E-state index in [1.54, 1.807) is 7.11 Å². The lowest BCUT2D eigenvalue weighted by Gasteiger charge is -2.18. The summed E-state index contributed by atoms with van der Waals surface area (Å²) in [4.78, 5) is 13.5. The summed E-state index contributed by atoms with van der Waals surface area (Å²) in [6, 6.07) is 17.7.